The number of ether oxygens (including phenoxy) is 1. The number of hydrogen-bond acceptors (Lipinski definition) is 3. The summed E-state index contributed by atoms with van der Waals surface area (Å²) in [5, 5.41) is 0. The van der Waals surface area contributed by atoms with E-state index in [2.05, 4.69) is 43.1 Å². The van der Waals surface area contributed by atoms with E-state index in [1.54, 1.807) is 6.33 Å². The number of para-hydroxylation sites is 1. The van der Waals surface area contributed by atoms with Crippen LogP contribution in [-0.4, -0.2) is 16.6 Å². The van der Waals surface area contributed by atoms with Crippen LogP contribution in [-0.2, 0) is 6.42 Å². The molecule has 0 spiro atoms. The third kappa shape index (κ3) is 12.7. The lowest BCUT2D eigenvalue weighted by atomic mass is 9.77. The van der Waals surface area contributed by atoms with Crippen molar-refractivity contribution in [2.24, 2.45) is 11.8 Å². The largest absolute Gasteiger partial charge is 0.493 e. The first-order chi connectivity index (χ1) is 19.8. The molecule has 0 aliphatic heterocycles. The Morgan fingerprint density at radius 1 is 0.675 bits per heavy atom. The third-order valence-electron chi connectivity index (χ3n) is 9.19. The summed E-state index contributed by atoms with van der Waals surface area (Å²) in [4.78, 5) is 9.16. The summed E-state index contributed by atoms with van der Waals surface area (Å²) < 4.78 is 6.30. The van der Waals surface area contributed by atoms with Gasteiger partial charge in [-0.1, -0.05) is 148 Å². The van der Waals surface area contributed by atoms with Crippen LogP contribution in [0.4, 0.5) is 0 Å². The van der Waals surface area contributed by atoms with E-state index >= 15 is 0 Å². The minimum Gasteiger partial charge on any atom is -0.493 e. The van der Waals surface area contributed by atoms with Gasteiger partial charge in [0.15, 0.2) is 0 Å². The molecule has 3 nitrogen and oxygen atoms in total. The Labute approximate surface area is 247 Å². The van der Waals surface area contributed by atoms with Gasteiger partial charge in [0, 0.05) is 11.8 Å². The van der Waals surface area contributed by atoms with Crippen LogP contribution in [0.3, 0.4) is 0 Å². The summed E-state index contributed by atoms with van der Waals surface area (Å²) in [6.07, 6.45) is 33.8. The first kappa shape index (κ1) is 32.6. The van der Waals surface area contributed by atoms with Crippen molar-refractivity contribution in [3.8, 4) is 17.0 Å². The molecule has 1 aromatic heterocycles. The fourth-order valence-corrected chi connectivity index (χ4v) is 6.55. The van der Waals surface area contributed by atoms with E-state index < -0.39 is 0 Å². The molecule has 1 aromatic carbocycles. The summed E-state index contributed by atoms with van der Waals surface area (Å²) in [7, 11) is 0. The van der Waals surface area contributed by atoms with E-state index in [1.807, 2.05) is 6.20 Å². The van der Waals surface area contributed by atoms with Gasteiger partial charge >= 0.3 is 0 Å². The Morgan fingerprint density at radius 2 is 1.25 bits per heavy atom. The highest BCUT2D eigenvalue weighted by atomic mass is 16.5. The highest BCUT2D eigenvalue weighted by Gasteiger charge is 2.21. The van der Waals surface area contributed by atoms with Crippen molar-refractivity contribution in [1.82, 2.24) is 9.97 Å². The number of aromatic nitrogens is 2. The molecule has 1 fully saturated rings. The lowest BCUT2D eigenvalue weighted by Crippen LogP contribution is -2.15. The van der Waals surface area contributed by atoms with E-state index in [0.717, 1.165) is 48.3 Å². The number of nitrogens with zero attached hydrogens (tertiary/aromatic N) is 2. The highest BCUT2D eigenvalue weighted by molar-refractivity contribution is 5.69. The average molecular weight is 549 g/mol. The molecule has 0 radical (unpaired) electrons. The molecular weight excluding hydrogens is 488 g/mol. The maximum atomic E-state index is 6.30. The van der Waals surface area contributed by atoms with Crippen LogP contribution < -0.4 is 4.74 Å². The first-order valence-electron chi connectivity index (χ1n) is 17.3. The van der Waals surface area contributed by atoms with Gasteiger partial charge in [-0.2, -0.15) is 0 Å². The normalized spacial score (nSPS) is 17.2. The SMILES string of the molecule is CCCCCCCCCCOc1ccccc1-c1ncncc1CCC1CCC(CCCCCCCCC)CC1. The van der Waals surface area contributed by atoms with Crippen LogP contribution in [0.5, 0.6) is 5.75 Å². The molecule has 0 atom stereocenters. The molecular formula is C37H60N2O. The minimum atomic E-state index is 0.786. The molecule has 0 amide bonds. The second kappa shape index (κ2) is 20.9. The van der Waals surface area contributed by atoms with Crippen molar-refractivity contribution in [3.63, 3.8) is 0 Å². The van der Waals surface area contributed by atoms with Crippen LogP contribution in [0.25, 0.3) is 11.3 Å². The number of aryl methyl sites for hydroxylation is 1. The molecule has 1 heterocycles. The molecule has 3 rings (SSSR count). The zero-order valence-corrected chi connectivity index (χ0v) is 26.2. The molecule has 0 N–H and O–H groups in total. The summed E-state index contributed by atoms with van der Waals surface area (Å²) >= 11 is 0. The Hall–Kier alpha value is -1.90. The second-order valence-electron chi connectivity index (χ2n) is 12.6. The van der Waals surface area contributed by atoms with E-state index in [1.165, 1.54) is 134 Å². The zero-order chi connectivity index (χ0) is 28.1. The molecule has 1 aliphatic rings. The Kier molecular flexibility index (Phi) is 17.0. The number of unbranched alkanes of at least 4 members (excludes halogenated alkanes) is 13. The predicted octanol–water partition coefficient (Wildman–Crippen LogP) is 11.5. The number of hydrogen-bond donors (Lipinski definition) is 0. The predicted molar refractivity (Wildman–Crippen MR) is 172 cm³/mol. The number of benzene rings is 1. The molecule has 0 saturated heterocycles. The molecule has 2 aromatic rings. The standard InChI is InChI=1S/C37H60N2O/c1-3-5-7-9-11-13-15-19-29-40-36-22-18-17-21-35(36)37-34(30-38-31-39-37)28-27-33-25-23-32(24-26-33)20-16-14-12-10-8-6-4-2/h17-18,21-22,30-33H,3-16,19-20,23-29H2,1-2H3. The van der Waals surface area contributed by atoms with Gasteiger partial charge in [0.2, 0.25) is 0 Å². The maximum absolute atomic E-state index is 6.30. The van der Waals surface area contributed by atoms with Crippen LogP contribution in [0.1, 0.15) is 154 Å². The van der Waals surface area contributed by atoms with Gasteiger partial charge in [-0.15, -0.1) is 0 Å². The maximum Gasteiger partial charge on any atom is 0.128 e. The highest BCUT2D eigenvalue weighted by Crippen LogP contribution is 2.36. The molecule has 1 aliphatic carbocycles. The summed E-state index contributed by atoms with van der Waals surface area (Å²) in [6, 6.07) is 8.47. The first-order valence-corrected chi connectivity index (χ1v) is 17.3. The van der Waals surface area contributed by atoms with E-state index in [-0.39, 0.29) is 0 Å². The van der Waals surface area contributed by atoms with Gasteiger partial charge in [-0.05, 0) is 48.8 Å². The van der Waals surface area contributed by atoms with Gasteiger partial charge < -0.3 is 4.74 Å². The van der Waals surface area contributed by atoms with E-state index in [4.69, 9.17) is 9.72 Å². The second-order valence-corrected chi connectivity index (χ2v) is 12.6. The van der Waals surface area contributed by atoms with E-state index in [0.29, 0.717) is 0 Å². The summed E-state index contributed by atoms with van der Waals surface area (Å²) in [5.41, 5.74) is 3.46. The topological polar surface area (TPSA) is 35.0 Å². The van der Waals surface area contributed by atoms with Gasteiger partial charge in [-0.25, -0.2) is 9.97 Å². The lowest BCUT2D eigenvalue weighted by molar-refractivity contribution is 0.248. The van der Waals surface area contributed by atoms with Gasteiger partial charge in [0.05, 0.1) is 12.3 Å². The third-order valence-corrected chi connectivity index (χ3v) is 9.19. The smallest absolute Gasteiger partial charge is 0.128 e. The van der Waals surface area contributed by atoms with Gasteiger partial charge in [0.25, 0.3) is 0 Å². The zero-order valence-electron chi connectivity index (χ0n) is 26.2. The summed E-state index contributed by atoms with van der Waals surface area (Å²) in [6.45, 7) is 5.37. The lowest BCUT2D eigenvalue weighted by Gasteiger charge is -2.28. The van der Waals surface area contributed by atoms with Crippen LogP contribution >= 0.6 is 0 Å². The van der Waals surface area contributed by atoms with E-state index in [9.17, 15) is 0 Å². The molecule has 1 saturated carbocycles. The Bertz CT molecular complexity index is 889. The van der Waals surface area contributed by atoms with Crippen LogP contribution in [0.15, 0.2) is 36.8 Å². The monoisotopic (exact) mass is 548 g/mol. The molecule has 224 valence electrons. The van der Waals surface area contributed by atoms with Crippen LogP contribution in [0, 0.1) is 11.8 Å². The Morgan fingerprint density at radius 3 is 1.93 bits per heavy atom. The fourth-order valence-electron chi connectivity index (χ4n) is 6.55. The van der Waals surface area contributed by atoms with Crippen molar-refractivity contribution in [2.75, 3.05) is 6.61 Å². The minimum absolute atomic E-state index is 0.786. The van der Waals surface area contributed by atoms with Crippen molar-refractivity contribution in [1.29, 1.82) is 0 Å². The van der Waals surface area contributed by atoms with Crippen molar-refractivity contribution < 1.29 is 4.74 Å². The molecule has 0 unspecified atom stereocenters. The Balaban J connectivity index is 1.39. The van der Waals surface area contributed by atoms with Crippen molar-refractivity contribution in [3.05, 3.63) is 42.4 Å². The quantitative estimate of drug-likeness (QED) is 0.137. The molecule has 0 bridgehead atoms. The number of rotatable bonds is 22. The van der Waals surface area contributed by atoms with Crippen molar-refractivity contribution in [2.45, 2.75) is 155 Å². The van der Waals surface area contributed by atoms with Crippen molar-refractivity contribution >= 4 is 0 Å². The van der Waals surface area contributed by atoms with Crippen LogP contribution in [0.2, 0.25) is 0 Å². The summed E-state index contributed by atoms with van der Waals surface area (Å²) in [5.74, 6) is 2.80. The fraction of sp³-hybridized carbons (Fsp3) is 0.730. The molecule has 3 heteroatoms. The average Bonchev–Trinajstić information content (AvgIpc) is 3.00. The van der Waals surface area contributed by atoms with Gasteiger partial charge in [0.1, 0.15) is 12.1 Å². The van der Waals surface area contributed by atoms with Gasteiger partial charge in [-0.3, -0.25) is 0 Å². The molecule has 40 heavy (non-hydrogen) atoms.